The van der Waals surface area contributed by atoms with Crippen molar-refractivity contribution in [1.29, 1.82) is 0 Å². The Morgan fingerprint density at radius 3 is 2.89 bits per heavy atom. The largest absolute Gasteiger partial charge is 0.480 e. The third kappa shape index (κ3) is 2.48. The molecule has 0 aromatic carbocycles. The van der Waals surface area contributed by atoms with E-state index in [0.29, 0.717) is 11.4 Å². The summed E-state index contributed by atoms with van der Waals surface area (Å²) < 4.78 is 11.9. The van der Waals surface area contributed by atoms with Gasteiger partial charge in [0.25, 0.3) is 0 Å². The maximum Gasteiger partial charge on any atom is 0.344 e. The van der Waals surface area contributed by atoms with Crippen LogP contribution in [0.2, 0.25) is 0 Å². The van der Waals surface area contributed by atoms with Crippen LogP contribution in [0.5, 0.6) is 5.88 Å². The van der Waals surface area contributed by atoms with Gasteiger partial charge in [0.1, 0.15) is 18.0 Å². The maximum absolute atomic E-state index is 11.9. The van der Waals surface area contributed by atoms with Crippen molar-refractivity contribution in [2.45, 2.75) is 6.61 Å². The predicted octanol–water partition coefficient (Wildman–Crippen LogP) is 1.18. The molecule has 2 heterocycles. The molecule has 0 bridgehead atoms. The first-order chi connectivity index (χ1) is 8.72. The van der Waals surface area contributed by atoms with E-state index in [0.717, 1.165) is 0 Å². The van der Waals surface area contributed by atoms with Crippen molar-refractivity contribution in [2.75, 3.05) is 7.11 Å². The van der Waals surface area contributed by atoms with E-state index in [-0.39, 0.29) is 12.5 Å². The Balaban J connectivity index is 2.06. The lowest BCUT2D eigenvalue weighted by atomic mass is 10.3. The summed E-state index contributed by atoms with van der Waals surface area (Å²) in [6.07, 6.45) is 4.98. The minimum absolute atomic E-state index is 0.111. The van der Waals surface area contributed by atoms with Crippen molar-refractivity contribution >= 4 is 5.97 Å². The molecule has 0 radical (unpaired) electrons. The molecule has 94 valence electrons. The normalized spacial score (nSPS) is 10.1. The fourth-order valence-corrected chi connectivity index (χ4v) is 1.45. The number of rotatable bonds is 4. The number of carbonyl (C=O) groups is 1. The van der Waals surface area contributed by atoms with E-state index in [9.17, 15) is 4.79 Å². The standard InChI is InChI=1S/C12H13N3O3/c1-15-7-6-13-10(15)8-18-12(16)9-4-3-5-14-11(9)17-2/h3-7H,8H2,1-2H3. The number of aromatic nitrogens is 3. The first-order valence-corrected chi connectivity index (χ1v) is 5.34. The summed E-state index contributed by atoms with van der Waals surface area (Å²) in [6, 6.07) is 3.26. The first-order valence-electron chi connectivity index (χ1n) is 5.34. The number of pyridine rings is 1. The van der Waals surface area contributed by atoms with Gasteiger partial charge in [-0.05, 0) is 12.1 Å². The van der Waals surface area contributed by atoms with Crippen LogP contribution in [0.15, 0.2) is 30.7 Å². The fraction of sp³-hybridized carbons (Fsp3) is 0.250. The van der Waals surface area contributed by atoms with Gasteiger partial charge in [-0.2, -0.15) is 0 Å². The molecule has 0 spiro atoms. The van der Waals surface area contributed by atoms with Gasteiger partial charge >= 0.3 is 5.97 Å². The topological polar surface area (TPSA) is 66.2 Å². The number of esters is 1. The molecule has 0 fully saturated rings. The van der Waals surface area contributed by atoms with Crippen molar-refractivity contribution < 1.29 is 14.3 Å². The second kappa shape index (κ2) is 5.31. The number of hydrogen-bond acceptors (Lipinski definition) is 5. The molecule has 0 atom stereocenters. The Labute approximate surface area is 104 Å². The van der Waals surface area contributed by atoms with Gasteiger partial charge in [-0.25, -0.2) is 14.8 Å². The van der Waals surface area contributed by atoms with Crippen LogP contribution < -0.4 is 4.74 Å². The Morgan fingerprint density at radius 1 is 1.39 bits per heavy atom. The lowest BCUT2D eigenvalue weighted by molar-refractivity contribution is 0.0454. The van der Waals surface area contributed by atoms with Gasteiger partial charge in [0.2, 0.25) is 5.88 Å². The zero-order chi connectivity index (χ0) is 13.0. The van der Waals surface area contributed by atoms with Crippen LogP contribution in [0.1, 0.15) is 16.2 Å². The van der Waals surface area contributed by atoms with Gasteiger partial charge < -0.3 is 14.0 Å². The molecule has 0 amide bonds. The number of ether oxygens (including phenoxy) is 2. The Hall–Kier alpha value is -2.37. The summed E-state index contributed by atoms with van der Waals surface area (Å²) in [5.41, 5.74) is 0.300. The van der Waals surface area contributed by atoms with Crippen molar-refractivity contribution in [3.8, 4) is 5.88 Å². The summed E-state index contributed by atoms with van der Waals surface area (Å²) in [5.74, 6) is 0.441. The zero-order valence-corrected chi connectivity index (χ0v) is 10.2. The van der Waals surface area contributed by atoms with Crippen LogP contribution in [0, 0.1) is 0 Å². The molecule has 0 aliphatic heterocycles. The highest BCUT2D eigenvalue weighted by Gasteiger charge is 2.15. The monoisotopic (exact) mass is 247 g/mol. The van der Waals surface area contributed by atoms with E-state index in [2.05, 4.69) is 9.97 Å². The molecule has 0 unspecified atom stereocenters. The molecule has 0 saturated carbocycles. The summed E-state index contributed by atoms with van der Waals surface area (Å²) in [5, 5.41) is 0. The van der Waals surface area contributed by atoms with E-state index in [1.165, 1.54) is 7.11 Å². The van der Waals surface area contributed by atoms with Gasteiger partial charge in [0.05, 0.1) is 7.11 Å². The minimum Gasteiger partial charge on any atom is -0.480 e. The highest BCUT2D eigenvalue weighted by atomic mass is 16.5. The molecule has 0 aliphatic carbocycles. The van der Waals surface area contributed by atoms with Crippen molar-refractivity contribution in [1.82, 2.24) is 14.5 Å². The van der Waals surface area contributed by atoms with E-state index >= 15 is 0 Å². The second-order valence-corrected chi connectivity index (χ2v) is 3.59. The van der Waals surface area contributed by atoms with Crippen LogP contribution in [0.3, 0.4) is 0 Å². The van der Waals surface area contributed by atoms with E-state index < -0.39 is 5.97 Å². The van der Waals surface area contributed by atoms with Crippen LogP contribution in [-0.2, 0) is 18.4 Å². The lowest BCUT2D eigenvalue weighted by Gasteiger charge is -2.07. The average molecular weight is 247 g/mol. The molecule has 0 aliphatic rings. The molecule has 0 N–H and O–H groups in total. The SMILES string of the molecule is COc1ncccc1C(=O)OCc1nccn1C. The van der Waals surface area contributed by atoms with Gasteiger partial charge in [0.15, 0.2) is 0 Å². The number of carbonyl (C=O) groups excluding carboxylic acids is 1. The Morgan fingerprint density at radius 2 is 2.22 bits per heavy atom. The molecule has 0 saturated heterocycles. The minimum atomic E-state index is -0.483. The van der Waals surface area contributed by atoms with E-state index in [1.807, 2.05) is 7.05 Å². The molecule has 6 heteroatoms. The molecular weight excluding hydrogens is 234 g/mol. The highest BCUT2D eigenvalue weighted by molar-refractivity contribution is 5.91. The molecule has 18 heavy (non-hydrogen) atoms. The quantitative estimate of drug-likeness (QED) is 0.759. The van der Waals surface area contributed by atoms with E-state index in [4.69, 9.17) is 9.47 Å². The number of hydrogen-bond donors (Lipinski definition) is 0. The summed E-state index contributed by atoms with van der Waals surface area (Å²) in [7, 11) is 3.29. The number of nitrogens with zero attached hydrogens (tertiary/aromatic N) is 3. The number of aryl methyl sites for hydroxylation is 1. The van der Waals surface area contributed by atoms with Crippen LogP contribution in [0.25, 0.3) is 0 Å². The van der Waals surface area contributed by atoms with E-state index in [1.54, 1.807) is 35.3 Å². The lowest BCUT2D eigenvalue weighted by Crippen LogP contribution is -2.10. The Kier molecular flexibility index (Phi) is 3.57. The molecule has 6 nitrogen and oxygen atoms in total. The molecule has 2 aromatic rings. The maximum atomic E-state index is 11.9. The summed E-state index contributed by atoms with van der Waals surface area (Å²) >= 11 is 0. The zero-order valence-electron chi connectivity index (χ0n) is 10.2. The summed E-state index contributed by atoms with van der Waals surface area (Å²) in [4.78, 5) is 19.9. The van der Waals surface area contributed by atoms with Gasteiger partial charge in [-0.3, -0.25) is 0 Å². The smallest absolute Gasteiger partial charge is 0.344 e. The first kappa shape index (κ1) is 12.1. The molecule has 2 rings (SSSR count). The fourth-order valence-electron chi connectivity index (χ4n) is 1.45. The predicted molar refractivity (Wildman–Crippen MR) is 63.1 cm³/mol. The van der Waals surface area contributed by atoms with Crippen molar-refractivity contribution in [2.24, 2.45) is 7.05 Å². The average Bonchev–Trinajstić information content (AvgIpc) is 2.81. The molecular formula is C12H13N3O3. The molecule has 2 aromatic heterocycles. The third-order valence-electron chi connectivity index (χ3n) is 2.44. The van der Waals surface area contributed by atoms with Crippen LogP contribution in [0.4, 0.5) is 0 Å². The highest BCUT2D eigenvalue weighted by Crippen LogP contribution is 2.15. The summed E-state index contributed by atoms with van der Waals surface area (Å²) in [6.45, 7) is 0.111. The van der Waals surface area contributed by atoms with Crippen molar-refractivity contribution in [3.63, 3.8) is 0 Å². The number of imidazole rings is 1. The number of methoxy groups -OCH3 is 1. The van der Waals surface area contributed by atoms with Crippen LogP contribution in [-0.4, -0.2) is 27.6 Å². The van der Waals surface area contributed by atoms with Gasteiger partial charge in [0, 0.05) is 25.6 Å². The third-order valence-corrected chi connectivity index (χ3v) is 2.44. The van der Waals surface area contributed by atoms with Crippen molar-refractivity contribution in [3.05, 3.63) is 42.1 Å². The second-order valence-electron chi connectivity index (χ2n) is 3.59. The Bertz CT molecular complexity index is 551. The van der Waals surface area contributed by atoms with Gasteiger partial charge in [-0.15, -0.1) is 0 Å². The van der Waals surface area contributed by atoms with Gasteiger partial charge in [-0.1, -0.05) is 0 Å². The van der Waals surface area contributed by atoms with Crippen LogP contribution >= 0.6 is 0 Å².